The van der Waals surface area contributed by atoms with Crippen molar-refractivity contribution in [2.75, 3.05) is 0 Å². The first-order valence-corrected chi connectivity index (χ1v) is 11.6. The van der Waals surface area contributed by atoms with Crippen LogP contribution in [0, 0.1) is 17.3 Å². The Morgan fingerprint density at radius 1 is 1.09 bits per heavy atom. The first-order valence-electron chi connectivity index (χ1n) is 11.6. The summed E-state index contributed by atoms with van der Waals surface area (Å²) < 4.78 is 1.93. The summed E-state index contributed by atoms with van der Waals surface area (Å²) in [5, 5.41) is 1.92. The van der Waals surface area contributed by atoms with Gasteiger partial charge in [-0.2, -0.15) is 0 Å². The fourth-order valence-electron chi connectivity index (χ4n) is 5.49. The summed E-state index contributed by atoms with van der Waals surface area (Å²) in [7, 11) is 0. The molecule has 2 aliphatic carbocycles. The van der Waals surface area contributed by atoms with E-state index in [1.807, 2.05) is 47.2 Å². The summed E-state index contributed by atoms with van der Waals surface area (Å²) >= 11 is 0. The lowest BCUT2D eigenvalue weighted by atomic mass is 9.85. The number of aliphatic imine (C=N–C) groups is 1. The lowest BCUT2D eigenvalue weighted by molar-refractivity contribution is 0.697. The highest BCUT2D eigenvalue weighted by atomic mass is 16.1. The first kappa shape index (κ1) is 19.3. The van der Waals surface area contributed by atoms with Gasteiger partial charge in [0.2, 0.25) is 0 Å². The molecule has 3 heteroatoms. The standard InChI is InChI=1S/C29H26N2O/c1-3-24-23-11-7-8-20-14-15-21(13-12-19-16-29(2)17-25(29)30-18-19)27(26(20)23)28(32)31(24)22-9-5-4-6-10-22/h4-6,9-10,14-16,18,25H,3,7-8,11,17H2,1-2H3. The number of pyridine rings is 1. The molecule has 1 aromatic heterocycles. The van der Waals surface area contributed by atoms with Crippen LogP contribution in [0.1, 0.15) is 49.1 Å². The van der Waals surface area contributed by atoms with E-state index in [-0.39, 0.29) is 11.0 Å². The van der Waals surface area contributed by atoms with Crippen molar-refractivity contribution in [2.45, 2.75) is 52.0 Å². The van der Waals surface area contributed by atoms with Crippen LogP contribution in [0.2, 0.25) is 0 Å². The van der Waals surface area contributed by atoms with Gasteiger partial charge in [0.15, 0.2) is 0 Å². The van der Waals surface area contributed by atoms with E-state index in [1.165, 1.54) is 11.1 Å². The minimum absolute atomic E-state index is 0.0420. The van der Waals surface area contributed by atoms with E-state index in [0.29, 0.717) is 6.04 Å². The molecule has 6 rings (SSSR count). The Kier molecular flexibility index (Phi) is 4.27. The molecule has 1 saturated carbocycles. The number of rotatable bonds is 2. The average Bonchev–Trinajstić information content (AvgIpc) is 3.51. The van der Waals surface area contributed by atoms with Gasteiger partial charge >= 0.3 is 0 Å². The van der Waals surface area contributed by atoms with Gasteiger partial charge in [-0.1, -0.05) is 56.0 Å². The van der Waals surface area contributed by atoms with Crippen LogP contribution in [0.25, 0.3) is 16.5 Å². The van der Waals surface area contributed by atoms with Crippen molar-refractivity contribution in [3.05, 3.63) is 86.9 Å². The molecule has 2 unspecified atom stereocenters. The molecule has 3 aromatic rings. The van der Waals surface area contributed by atoms with Crippen LogP contribution in [0.3, 0.4) is 0 Å². The highest BCUT2D eigenvalue weighted by Crippen LogP contribution is 2.51. The number of benzene rings is 2. The number of nitrogens with zero attached hydrogens (tertiary/aromatic N) is 2. The molecule has 3 nitrogen and oxygen atoms in total. The summed E-state index contributed by atoms with van der Waals surface area (Å²) in [4.78, 5) is 18.6. The molecule has 0 bridgehead atoms. The van der Waals surface area contributed by atoms with Crippen molar-refractivity contribution in [1.82, 2.24) is 4.57 Å². The molecule has 0 N–H and O–H groups in total. The Hall–Kier alpha value is -3.38. The maximum Gasteiger partial charge on any atom is 0.264 e. The van der Waals surface area contributed by atoms with Crippen molar-refractivity contribution in [1.29, 1.82) is 0 Å². The molecule has 2 atom stereocenters. The third-order valence-electron chi connectivity index (χ3n) is 7.31. The predicted octanol–water partition coefficient (Wildman–Crippen LogP) is 5.18. The maximum absolute atomic E-state index is 14.0. The lowest BCUT2D eigenvalue weighted by Gasteiger charge is -2.24. The monoisotopic (exact) mass is 418 g/mol. The molecule has 0 spiro atoms. The number of allylic oxidation sites excluding steroid dienone is 1. The quantitative estimate of drug-likeness (QED) is 0.528. The van der Waals surface area contributed by atoms with Crippen LogP contribution in [0.15, 0.2) is 63.9 Å². The fourth-order valence-corrected chi connectivity index (χ4v) is 5.49. The average molecular weight is 419 g/mol. The third kappa shape index (κ3) is 2.90. The molecule has 2 heterocycles. The highest BCUT2D eigenvalue weighted by Gasteiger charge is 2.49. The summed E-state index contributed by atoms with van der Waals surface area (Å²) in [6, 6.07) is 14.7. The van der Waals surface area contributed by atoms with Gasteiger partial charge in [-0.3, -0.25) is 14.4 Å². The van der Waals surface area contributed by atoms with Crippen LogP contribution in [-0.2, 0) is 19.3 Å². The second-order valence-electron chi connectivity index (χ2n) is 9.48. The minimum Gasteiger partial charge on any atom is -0.288 e. The number of fused-ring (bicyclic) bond motifs is 1. The van der Waals surface area contributed by atoms with Crippen molar-refractivity contribution in [3.63, 3.8) is 0 Å². The van der Waals surface area contributed by atoms with Gasteiger partial charge in [0, 0.05) is 34.1 Å². The van der Waals surface area contributed by atoms with Gasteiger partial charge in [-0.05, 0) is 66.8 Å². The van der Waals surface area contributed by atoms with Crippen LogP contribution in [0.4, 0.5) is 0 Å². The number of hydrogen-bond acceptors (Lipinski definition) is 2. The highest BCUT2D eigenvalue weighted by molar-refractivity contribution is 5.95. The molecule has 0 amide bonds. The molecule has 0 radical (unpaired) electrons. The van der Waals surface area contributed by atoms with E-state index >= 15 is 0 Å². The van der Waals surface area contributed by atoms with Crippen molar-refractivity contribution in [3.8, 4) is 17.5 Å². The number of para-hydroxylation sites is 1. The Labute approximate surface area is 188 Å². The Bertz CT molecular complexity index is 1450. The molecule has 0 saturated heterocycles. The number of hydrogen-bond donors (Lipinski definition) is 0. The van der Waals surface area contributed by atoms with E-state index < -0.39 is 0 Å². The smallest absolute Gasteiger partial charge is 0.264 e. The first-order chi connectivity index (χ1) is 15.6. The second kappa shape index (κ2) is 7.07. The normalized spacial score (nSPS) is 22.7. The number of aromatic nitrogens is 1. The Balaban J connectivity index is 1.62. The molecule has 158 valence electrons. The molecular weight excluding hydrogens is 392 g/mol. The van der Waals surface area contributed by atoms with Crippen molar-refractivity contribution < 1.29 is 0 Å². The maximum atomic E-state index is 14.0. The molecule has 1 aliphatic heterocycles. The van der Waals surface area contributed by atoms with Gasteiger partial charge < -0.3 is 0 Å². The van der Waals surface area contributed by atoms with Gasteiger partial charge in [-0.25, -0.2) is 0 Å². The van der Waals surface area contributed by atoms with E-state index in [0.717, 1.165) is 65.4 Å². The summed E-state index contributed by atoms with van der Waals surface area (Å²) in [6.07, 6.45) is 9.23. The van der Waals surface area contributed by atoms with E-state index in [1.54, 1.807) is 0 Å². The van der Waals surface area contributed by atoms with Crippen molar-refractivity contribution >= 4 is 17.0 Å². The van der Waals surface area contributed by atoms with Crippen LogP contribution in [0.5, 0.6) is 0 Å². The van der Waals surface area contributed by atoms with E-state index in [2.05, 4.69) is 42.8 Å². The van der Waals surface area contributed by atoms with Gasteiger partial charge in [0.25, 0.3) is 5.56 Å². The SMILES string of the molecule is CCc1c2c3c(ccc(C#CC4=CC5(C)CC5N=C4)c3c(=O)n1-c1ccccc1)CCC2. The minimum atomic E-state index is 0.0420. The topological polar surface area (TPSA) is 34.4 Å². The molecule has 1 fully saturated rings. The van der Waals surface area contributed by atoms with E-state index in [9.17, 15) is 4.79 Å². The van der Waals surface area contributed by atoms with Crippen LogP contribution < -0.4 is 5.56 Å². The molecule has 2 aromatic carbocycles. The second-order valence-corrected chi connectivity index (χ2v) is 9.48. The Morgan fingerprint density at radius 3 is 2.72 bits per heavy atom. The summed E-state index contributed by atoms with van der Waals surface area (Å²) in [6.45, 7) is 4.39. The predicted molar refractivity (Wildman–Crippen MR) is 131 cm³/mol. The zero-order valence-corrected chi connectivity index (χ0v) is 18.6. The van der Waals surface area contributed by atoms with Gasteiger partial charge in [-0.15, -0.1) is 0 Å². The zero-order valence-electron chi connectivity index (χ0n) is 18.6. The summed E-state index contributed by atoms with van der Waals surface area (Å²) in [5.74, 6) is 6.67. The fraction of sp³-hybridized carbons (Fsp3) is 0.310. The largest absolute Gasteiger partial charge is 0.288 e. The Morgan fingerprint density at radius 2 is 1.94 bits per heavy atom. The van der Waals surface area contributed by atoms with Gasteiger partial charge in [0.05, 0.1) is 11.4 Å². The molecular formula is C29H26N2O. The van der Waals surface area contributed by atoms with Gasteiger partial charge in [0.1, 0.15) is 0 Å². The van der Waals surface area contributed by atoms with Crippen LogP contribution >= 0.6 is 0 Å². The summed E-state index contributed by atoms with van der Waals surface area (Å²) in [5.41, 5.74) is 6.66. The number of dihydropyridines is 1. The number of aryl methyl sites for hydroxylation is 2. The van der Waals surface area contributed by atoms with Crippen LogP contribution in [-0.4, -0.2) is 16.8 Å². The molecule has 3 aliphatic rings. The molecule has 32 heavy (non-hydrogen) atoms. The lowest BCUT2D eigenvalue weighted by Crippen LogP contribution is -2.26. The van der Waals surface area contributed by atoms with Crippen molar-refractivity contribution in [2.24, 2.45) is 10.4 Å². The third-order valence-corrected chi connectivity index (χ3v) is 7.31. The zero-order chi connectivity index (χ0) is 21.9. The van der Waals surface area contributed by atoms with E-state index in [4.69, 9.17) is 0 Å².